The van der Waals surface area contributed by atoms with Crippen LogP contribution >= 0.6 is 0 Å². The maximum atomic E-state index is 5.85. The lowest BCUT2D eigenvalue weighted by Crippen LogP contribution is -1.91. The maximum absolute atomic E-state index is 5.85. The molecule has 0 atom stereocenters. The normalized spacial score (nSPS) is 10.6. The van der Waals surface area contributed by atoms with Gasteiger partial charge in [-0.25, -0.2) is 0 Å². The van der Waals surface area contributed by atoms with E-state index in [0.29, 0.717) is 0 Å². The van der Waals surface area contributed by atoms with Crippen molar-refractivity contribution in [2.45, 2.75) is 13.8 Å². The Morgan fingerprint density at radius 3 is 2.77 bits per heavy atom. The second kappa shape index (κ2) is 2.73. The first-order valence-electron chi connectivity index (χ1n) is 4.30. The zero-order valence-corrected chi connectivity index (χ0v) is 7.83. The molecular formula is C11H12N2. The highest BCUT2D eigenvalue weighted by Gasteiger charge is 2.01. The van der Waals surface area contributed by atoms with E-state index in [-0.39, 0.29) is 0 Å². The Morgan fingerprint density at radius 2 is 2.00 bits per heavy atom. The van der Waals surface area contributed by atoms with Gasteiger partial charge in [0.25, 0.3) is 0 Å². The van der Waals surface area contributed by atoms with Gasteiger partial charge >= 0.3 is 0 Å². The minimum absolute atomic E-state index is 0.803. The van der Waals surface area contributed by atoms with Crippen LogP contribution in [0.5, 0.6) is 0 Å². The molecule has 0 saturated carbocycles. The molecule has 0 radical (unpaired) electrons. The van der Waals surface area contributed by atoms with Gasteiger partial charge in [-0.2, -0.15) is 0 Å². The molecule has 2 heteroatoms. The summed E-state index contributed by atoms with van der Waals surface area (Å²) in [5, 5.41) is 1.06. The number of hydrogen-bond donors (Lipinski definition) is 1. The van der Waals surface area contributed by atoms with Crippen molar-refractivity contribution in [3.63, 3.8) is 0 Å². The number of fused-ring (bicyclic) bond motifs is 1. The van der Waals surface area contributed by atoms with Crippen LogP contribution in [0.4, 0.5) is 5.69 Å². The lowest BCUT2D eigenvalue weighted by atomic mass is 10.1. The number of anilines is 1. The van der Waals surface area contributed by atoms with E-state index < -0.39 is 0 Å². The van der Waals surface area contributed by atoms with Crippen molar-refractivity contribution < 1.29 is 0 Å². The topological polar surface area (TPSA) is 38.9 Å². The van der Waals surface area contributed by atoms with Crippen LogP contribution in [0, 0.1) is 13.8 Å². The number of nitrogens with zero attached hydrogens (tertiary/aromatic N) is 1. The Bertz CT molecular complexity index is 461. The minimum Gasteiger partial charge on any atom is -0.398 e. The number of pyridine rings is 1. The van der Waals surface area contributed by atoms with E-state index >= 15 is 0 Å². The van der Waals surface area contributed by atoms with Crippen molar-refractivity contribution in [2.75, 3.05) is 5.73 Å². The van der Waals surface area contributed by atoms with Gasteiger partial charge in [0.1, 0.15) is 0 Å². The van der Waals surface area contributed by atoms with E-state index in [1.165, 1.54) is 11.1 Å². The summed E-state index contributed by atoms with van der Waals surface area (Å²) < 4.78 is 0. The van der Waals surface area contributed by atoms with Gasteiger partial charge in [0.2, 0.25) is 0 Å². The molecule has 0 saturated heterocycles. The fraction of sp³-hybridized carbons (Fsp3) is 0.182. The SMILES string of the molecule is Cc1cc(C)c2nccc(N)c2c1. The highest BCUT2D eigenvalue weighted by atomic mass is 14.7. The summed E-state index contributed by atoms with van der Waals surface area (Å²) in [6.07, 6.45) is 1.75. The standard InChI is InChI=1S/C11H12N2/c1-7-5-8(2)11-9(6-7)10(12)3-4-13-11/h3-6H,1-2H3,(H2,12,13). The zero-order valence-electron chi connectivity index (χ0n) is 7.83. The first-order valence-corrected chi connectivity index (χ1v) is 4.30. The highest BCUT2D eigenvalue weighted by Crippen LogP contribution is 2.22. The molecule has 2 N–H and O–H groups in total. The van der Waals surface area contributed by atoms with Crippen LogP contribution in [0.2, 0.25) is 0 Å². The quantitative estimate of drug-likeness (QED) is 0.662. The molecule has 0 aliphatic carbocycles. The number of hydrogen-bond acceptors (Lipinski definition) is 2. The van der Waals surface area contributed by atoms with Crippen LogP contribution in [0.3, 0.4) is 0 Å². The number of aryl methyl sites for hydroxylation is 2. The van der Waals surface area contributed by atoms with Crippen molar-refractivity contribution in [3.05, 3.63) is 35.5 Å². The van der Waals surface area contributed by atoms with Gasteiger partial charge in [0, 0.05) is 17.3 Å². The first-order chi connectivity index (χ1) is 6.18. The molecule has 66 valence electrons. The summed E-state index contributed by atoms with van der Waals surface area (Å²) in [7, 11) is 0. The largest absolute Gasteiger partial charge is 0.398 e. The lowest BCUT2D eigenvalue weighted by molar-refractivity contribution is 1.34. The average molecular weight is 172 g/mol. The monoisotopic (exact) mass is 172 g/mol. The molecule has 1 aromatic carbocycles. The van der Waals surface area contributed by atoms with Gasteiger partial charge < -0.3 is 5.73 Å². The fourth-order valence-corrected chi connectivity index (χ4v) is 1.63. The second-order valence-electron chi connectivity index (χ2n) is 3.38. The molecule has 1 heterocycles. The Kier molecular flexibility index (Phi) is 1.69. The van der Waals surface area contributed by atoms with Gasteiger partial charge in [0.15, 0.2) is 0 Å². The minimum atomic E-state index is 0.803. The fourth-order valence-electron chi connectivity index (χ4n) is 1.63. The Hall–Kier alpha value is -1.57. The number of nitrogens with two attached hydrogens (primary N) is 1. The van der Waals surface area contributed by atoms with Gasteiger partial charge in [-0.05, 0) is 31.5 Å². The summed E-state index contributed by atoms with van der Waals surface area (Å²) in [5.74, 6) is 0. The molecule has 0 bridgehead atoms. The molecule has 0 fully saturated rings. The third kappa shape index (κ3) is 1.24. The molecule has 0 aliphatic heterocycles. The molecule has 0 amide bonds. The van der Waals surface area contributed by atoms with Crippen molar-refractivity contribution in [2.24, 2.45) is 0 Å². The summed E-state index contributed by atoms with van der Waals surface area (Å²) in [6.45, 7) is 4.13. The number of aromatic nitrogens is 1. The molecule has 2 nitrogen and oxygen atoms in total. The van der Waals surface area contributed by atoms with Gasteiger partial charge in [-0.3, -0.25) is 4.98 Å². The van der Waals surface area contributed by atoms with E-state index in [4.69, 9.17) is 5.73 Å². The number of rotatable bonds is 0. The molecule has 0 aliphatic rings. The van der Waals surface area contributed by atoms with E-state index in [9.17, 15) is 0 Å². The molecule has 13 heavy (non-hydrogen) atoms. The third-order valence-corrected chi connectivity index (χ3v) is 2.21. The highest BCUT2D eigenvalue weighted by molar-refractivity contribution is 5.92. The van der Waals surface area contributed by atoms with E-state index in [0.717, 1.165) is 16.6 Å². The van der Waals surface area contributed by atoms with Gasteiger partial charge in [0.05, 0.1) is 5.52 Å². The smallest absolute Gasteiger partial charge is 0.0751 e. The van der Waals surface area contributed by atoms with Crippen LogP contribution in [0.1, 0.15) is 11.1 Å². The Labute approximate surface area is 77.4 Å². The second-order valence-corrected chi connectivity index (χ2v) is 3.38. The molecule has 2 aromatic rings. The Balaban J connectivity index is 2.94. The summed E-state index contributed by atoms with van der Waals surface area (Å²) in [4.78, 5) is 4.30. The Morgan fingerprint density at radius 1 is 1.23 bits per heavy atom. The van der Waals surface area contributed by atoms with Crippen LogP contribution in [-0.2, 0) is 0 Å². The summed E-state index contributed by atoms with van der Waals surface area (Å²) in [5.41, 5.74) is 10.1. The average Bonchev–Trinajstić information content (AvgIpc) is 2.07. The number of nitrogen functional groups attached to an aromatic ring is 1. The molecule has 1 aromatic heterocycles. The summed E-state index contributed by atoms with van der Waals surface area (Å²) in [6, 6.07) is 6.03. The number of benzene rings is 1. The third-order valence-electron chi connectivity index (χ3n) is 2.21. The predicted molar refractivity (Wildman–Crippen MR) is 55.6 cm³/mol. The molecule has 0 spiro atoms. The van der Waals surface area contributed by atoms with Crippen molar-refractivity contribution >= 4 is 16.6 Å². The molecular weight excluding hydrogens is 160 g/mol. The molecule has 2 rings (SSSR count). The van der Waals surface area contributed by atoms with Crippen molar-refractivity contribution in [1.82, 2.24) is 4.98 Å². The van der Waals surface area contributed by atoms with Crippen molar-refractivity contribution in [3.8, 4) is 0 Å². The van der Waals surface area contributed by atoms with Crippen molar-refractivity contribution in [1.29, 1.82) is 0 Å². The lowest BCUT2D eigenvalue weighted by Gasteiger charge is -2.05. The molecule has 0 unspecified atom stereocenters. The van der Waals surface area contributed by atoms with Gasteiger partial charge in [-0.1, -0.05) is 11.6 Å². The van der Waals surface area contributed by atoms with E-state index in [1.807, 2.05) is 6.07 Å². The first kappa shape index (κ1) is 8.05. The zero-order chi connectivity index (χ0) is 9.42. The predicted octanol–water partition coefficient (Wildman–Crippen LogP) is 2.43. The van der Waals surface area contributed by atoms with E-state index in [1.54, 1.807) is 6.20 Å². The maximum Gasteiger partial charge on any atom is 0.0751 e. The van der Waals surface area contributed by atoms with E-state index in [2.05, 4.69) is 31.0 Å². The van der Waals surface area contributed by atoms with Crippen LogP contribution in [0.15, 0.2) is 24.4 Å². The van der Waals surface area contributed by atoms with Crippen LogP contribution in [0.25, 0.3) is 10.9 Å². The van der Waals surface area contributed by atoms with Gasteiger partial charge in [-0.15, -0.1) is 0 Å². The van der Waals surface area contributed by atoms with Crippen LogP contribution < -0.4 is 5.73 Å². The summed E-state index contributed by atoms with van der Waals surface area (Å²) >= 11 is 0. The van der Waals surface area contributed by atoms with Crippen LogP contribution in [-0.4, -0.2) is 4.98 Å².